The van der Waals surface area contributed by atoms with E-state index in [1.807, 2.05) is 12.5 Å². The summed E-state index contributed by atoms with van der Waals surface area (Å²) in [7, 11) is 0. The highest BCUT2D eigenvalue weighted by Gasteiger charge is 2.23. The van der Waals surface area contributed by atoms with Crippen molar-refractivity contribution in [1.29, 1.82) is 0 Å². The van der Waals surface area contributed by atoms with Crippen LogP contribution >= 0.6 is 11.3 Å². The van der Waals surface area contributed by atoms with Crippen LogP contribution in [0.2, 0.25) is 0 Å². The molecule has 3 rings (SSSR count). The quantitative estimate of drug-likeness (QED) is 0.925. The first-order chi connectivity index (χ1) is 8.79. The molecule has 4 nitrogen and oxygen atoms in total. The van der Waals surface area contributed by atoms with Gasteiger partial charge in [-0.25, -0.2) is 9.97 Å². The molecule has 1 unspecified atom stereocenters. The van der Waals surface area contributed by atoms with E-state index < -0.39 is 0 Å². The minimum absolute atomic E-state index is 0.183. The van der Waals surface area contributed by atoms with E-state index in [-0.39, 0.29) is 6.04 Å². The fourth-order valence-corrected chi connectivity index (χ4v) is 3.65. The molecule has 0 aromatic carbocycles. The molecule has 0 amide bonds. The molecule has 2 N–H and O–H groups in total. The molecule has 1 aliphatic carbocycles. The Morgan fingerprint density at radius 3 is 3.22 bits per heavy atom. The molecule has 96 valence electrons. The molecule has 0 radical (unpaired) electrons. The maximum atomic E-state index is 6.16. The number of aryl methyl sites for hydroxylation is 2. The maximum absolute atomic E-state index is 6.16. The second-order valence-electron chi connectivity index (χ2n) is 4.80. The minimum Gasteiger partial charge on any atom is -0.329 e. The number of hydrogen-bond donors (Lipinski definition) is 1. The second kappa shape index (κ2) is 4.82. The number of fused-ring (bicyclic) bond motifs is 1. The lowest BCUT2D eigenvalue weighted by Gasteiger charge is -2.15. The lowest BCUT2D eigenvalue weighted by molar-refractivity contribution is 0.573. The Balaban J connectivity index is 1.99. The van der Waals surface area contributed by atoms with E-state index >= 15 is 0 Å². The molecule has 1 aliphatic rings. The van der Waals surface area contributed by atoms with Crippen molar-refractivity contribution in [2.75, 3.05) is 0 Å². The van der Waals surface area contributed by atoms with Crippen molar-refractivity contribution in [3.8, 4) is 10.7 Å². The summed E-state index contributed by atoms with van der Waals surface area (Å²) in [6, 6.07) is 0.183. The number of aromatic nitrogens is 3. The molecule has 0 saturated carbocycles. The second-order valence-corrected chi connectivity index (χ2v) is 5.83. The van der Waals surface area contributed by atoms with Crippen molar-refractivity contribution < 1.29 is 0 Å². The highest BCUT2D eigenvalue weighted by molar-refractivity contribution is 7.15. The fraction of sp³-hybridized carbons (Fsp3) is 0.538. The normalized spacial score (nSPS) is 18.9. The van der Waals surface area contributed by atoms with Crippen LogP contribution in [-0.2, 0) is 13.0 Å². The molecule has 2 aromatic rings. The SMILES string of the molecule is CCCn1cncc1-c1nc2c(s1)C(N)CCC2. The van der Waals surface area contributed by atoms with Gasteiger partial charge in [-0.2, -0.15) is 0 Å². The first-order valence-electron chi connectivity index (χ1n) is 6.55. The Morgan fingerprint density at radius 2 is 2.44 bits per heavy atom. The lowest BCUT2D eigenvalue weighted by atomic mass is 9.99. The van der Waals surface area contributed by atoms with Crippen molar-refractivity contribution in [1.82, 2.24) is 14.5 Å². The Kier molecular flexibility index (Phi) is 3.18. The molecule has 2 heterocycles. The molecule has 18 heavy (non-hydrogen) atoms. The average molecular weight is 262 g/mol. The third kappa shape index (κ3) is 1.97. The zero-order chi connectivity index (χ0) is 12.5. The van der Waals surface area contributed by atoms with Gasteiger partial charge in [0.25, 0.3) is 0 Å². The summed E-state index contributed by atoms with van der Waals surface area (Å²) in [5.41, 5.74) is 8.49. The zero-order valence-electron chi connectivity index (χ0n) is 10.6. The van der Waals surface area contributed by atoms with E-state index in [0.717, 1.165) is 42.9 Å². The summed E-state index contributed by atoms with van der Waals surface area (Å²) in [6.45, 7) is 3.16. The molecule has 0 bridgehead atoms. The van der Waals surface area contributed by atoms with Gasteiger partial charge in [-0.05, 0) is 25.7 Å². The highest BCUT2D eigenvalue weighted by atomic mass is 32.1. The lowest BCUT2D eigenvalue weighted by Crippen LogP contribution is -2.15. The monoisotopic (exact) mass is 262 g/mol. The predicted octanol–water partition coefficient (Wildman–Crippen LogP) is 2.75. The first kappa shape index (κ1) is 11.9. The summed E-state index contributed by atoms with van der Waals surface area (Å²) in [4.78, 5) is 10.3. The van der Waals surface area contributed by atoms with Crippen LogP contribution in [0.4, 0.5) is 0 Å². The Hall–Kier alpha value is -1.20. The number of imidazole rings is 1. The average Bonchev–Trinajstić information content (AvgIpc) is 2.95. The van der Waals surface area contributed by atoms with Crippen molar-refractivity contribution in [2.45, 2.75) is 45.2 Å². The van der Waals surface area contributed by atoms with Crippen LogP contribution in [0.1, 0.15) is 42.8 Å². The van der Waals surface area contributed by atoms with E-state index in [1.165, 1.54) is 10.6 Å². The summed E-state index contributed by atoms with van der Waals surface area (Å²) in [5, 5.41) is 1.07. The van der Waals surface area contributed by atoms with Gasteiger partial charge >= 0.3 is 0 Å². The molecule has 0 saturated heterocycles. The molecule has 1 atom stereocenters. The summed E-state index contributed by atoms with van der Waals surface area (Å²) >= 11 is 1.74. The largest absolute Gasteiger partial charge is 0.329 e. The number of thiazole rings is 1. The number of rotatable bonds is 3. The molecule has 0 fully saturated rings. The van der Waals surface area contributed by atoms with E-state index in [4.69, 9.17) is 10.7 Å². The molecular formula is C13H18N4S. The third-order valence-electron chi connectivity index (χ3n) is 3.39. The van der Waals surface area contributed by atoms with Gasteiger partial charge in [0.05, 0.1) is 23.9 Å². The molecule has 2 aromatic heterocycles. The van der Waals surface area contributed by atoms with Crippen molar-refractivity contribution in [3.05, 3.63) is 23.1 Å². The van der Waals surface area contributed by atoms with Crippen LogP contribution in [0.3, 0.4) is 0 Å². The van der Waals surface area contributed by atoms with Crippen LogP contribution in [0.15, 0.2) is 12.5 Å². The van der Waals surface area contributed by atoms with Crippen molar-refractivity contribution in [2.24, 2.45) is 5.73 Å². The topological polar surface area (TPSA) is 56.7 Å². The van der Waals surface area contributed by atoms with E-state index in [0.29, 0.717) is 0 Å². The van der Waals surface area contributed by atoms with Gasteiger partial charge in [0.15, 0.2) is 0 Å². The molecule has 5 heteroatoms. The number of hydrogen-bond acceptors (Lipinski definition) is 4. The van der Waals surface area contributed by atoms with Gasteiger partial charge in [0.2, 0.25) is 0 Å². The smallest absolute Gasteiger partial charge is 0.142 e. The van der Waals surface area contributed by atoms with Gasteiger partial charge in [-0.3, -0.25) is 0 Å². The Labute approximate surface area is 111 Å². The minimum atomic E-state index is 0.183. The highest BCUT2D eigenvalue weighted by Crippen LogP contribution is 2.36. The standard InChI is InChI=1S/C13H18N4S/c1-2-6-17-8-15-7-11(17)13-16-10-5-3-4-9(14)12(10)18-13/h7-9H,2-6,14H2,1H3. The predicted molar refractivity (Wildman–Crippen MR) is 73.5 cm³/mol. The van der Waals surface area contributed by atoms with Crippen LogP contribution in [0.5, 0.6) is 0 Å². The number of nitrogens with two attached hydrogens (primary N) is 1. The van der Waals surface area contributed by atoms with Crippen LogP contribution in [0, 0.1) is 0 Å². The van der Waals surface area contributed by atoms with Gasteiger partial charge in [-0.15, -0.1) is 11.3 Å². The Morgan fingerprint density at radius 1 is 1.56 bits per heavy atom. The first-order valence-corrected chi connectivity index (χ1v) is 7.37. The van der Waals surface area contributed by atoms with Crippen molar-refractivity contribution >= 4 is 11.3 Å². The summed E-state index contributed by atoms with van der Waals surface area (Å²) in [5.74, 6) is 0. The van der Waals surface area contributed by atoms with Crippen molar-refractivity contribution in [3.63, 3.8) is 0 Å². The fourth-order valence-electron chi connectivity index (χ4n) is 2.48. The number of nitrogens with zero attached hydrogens (tertiary/aromatic N) is 3. The zero-order valence-corrected chi connectivity index (χ0v) is 11.4. The molecule has 0 aliphatic heterocycles. The molecular weight excluding hydrogens is 244 g/mol. The van der Waals surface area contributed by atoms with Crippen LogP contribution < -0.4 is 5.73 Å². The van der Waals surface area contributed by atoms with Gasteiger partial charge in [0, 0.05) is 17.5 Å². The van der Waals surface area contributed by atoms with E-state index in [1.54, 1.807) is 11.3 Å². The van der Waals surface area contributed by atoms with E-state index in [9.17, 15) is 0 Å². The van der Waals surface area contributed by atoms with Gasteiger partial charge < -0.3 is 10.3 Å². The van der Waals surface area contributed by atoms with Crippen LogP contribution in [-0.4, -0.2) is 14.5 Å². The Bertz CT molecular complexity index is 543. The third-order valence-corrected chi connectivity index (χ3v) is 4.64. The summed E-state index contributed by atoms with van der Waals surface area (Å²) < 4.78 is 2.18. The van der Waals surface area contributed by atoms with E-state index in [2.05, 4.69) is 16.5 Å². The van der Waals surface area contributed by atoms with Gasteiger partial charge in [0.1, 0.15) is 5.01 Å². The van der Waals surface area contributed by atoms with Gasteiger partial charge in [-0.1, -0.05) is 6.92 Å². The summed E-state index contributed by atoms with van der Waals surface area (Å²) in [6.07, 6.45) is 8.22. The molecule has 0 spiro atoms. The maximum Gasteiger partial charge on any atom is 0.142 e. The van der Waals surface area contributed by atoms with Crippen LogP contribution in [0.25, 0.3) is 10.7 Å².